The molecule has 18 heavy (non-hydrogen) atoms. The van der Waals surface area contributed by atoms with Gasteiger partial charge in [0, 0.05) is 17.7 Å². The van der Waals surface area contributed by atoms with E-state index in [0.29, 0.717) is 6.07 Å². The van der Waals surface area contributed by atoms with Gasteiger partial charge in [-0.05, 0) is 25.5 Å². The van der Waals surface area contributed by atoms with Crippen molar-refractivity contribution in [3.05, 3.63) is 35.1 Å². The molecule has 1 aromatic carbocycles. The van der Waals surface area contributed by atoms with Crippen molar-refractivity contribution in [1.82, 2.24) is 5.32 Å². The van der Waals surface area contributed by atoms with Crippen molar-refractivity contribution in [2.24, 2.45) is 0 Å². The van der Waals surface area contributed by atoms with Gasteiger partial charge in [-0.25, -0.2) is 13.2 Å². The van der Waals surface area contributed by atoms with Crippen LogP contribution in [0.2, 0.25) is 0 Å². The van der Waals surface area contributed by atoms with Crippen molar-refractivity contribution in [2.45, 2.75) is 45.6 Å². The highest BCUT2D eigenvalue weighted by Gasteiger charge is 2.17. The fourth-order valence-electron chi connectivity index (χ4n) is 1.90. The molecule has 0 spiro atoms. The molecule has 0 aromatic heterocycles. The maximum atomic E-state index is 13.7. The molecule has 0 aliphatic rings. The molecule has 1 aromatic rings. The molecule has 0 aliphatic carbocycles. The van der Waals surface area contributed by atoms with Crippen LogP contribution in [0.4, 0.5) is 13.2 Å². The molecule has 1 rings (SSSR count). The van der Waals surface area contributed by atoms with Crippen LogP contribution in [0.3, 0.4) is 0 Å². The Balaban J connectivity index is 2.92. The highest BCUT2D eigenvalue weighted by Crippen LogP contribution is 2.24. The zero-order valence-electron chi connectivity index (χ0n) is 10.9. The van der Waals surface area contributed by atoms with Crippen molar-refractivity contribution in [3.63, 3.8) is 0 Å². The van der Waals surface area contributed by atoms with Gasteiger partial charge in [-0.2, -0.15) is 0 Å². The van der Waals surface area contributed by atoms with Gasteiger partial charge in [-0.1, -0.05) is 26.7 Å². The minimum absolute atomic E-state index is 0.218. The van der Waals surface area contributed by atoms with E-state index >= 15 is 0 Å². The summed E-state index contributed by atoms with van der Waals surface area (Å²) in [5.41, 5.74) is 0.218. The first-order valence-corrected chi connectivity index (χ1v) is 6.48. The lowest BCUT2D eigenvalue weighted by atomic mass is 10.00. The highest BCUT2D eigenvalue weighted by atomic mass is 19.2. The number of rotatable bonds is 7. The van der Waals surface area contributed by atoms with Crippen molar-refractivity contribution in [2.75, 3.05) is 6.54 Å². The normalized spacial score (nSPS) is 12.7. The largest absolute Gasteiger partial charge is 0.310 e. The molecular formula is C14H20F3N. The molecule has 1 atom stereocenters. The third-order valence-electron chi connectivity index (χ3n) is 2.90. The van der Waals surface area contributed by atoms with E-state index in [4.69, 9.17) is 0 Å². The van der Waals surface area contributed by atoms with Gasteiger partial charge in [0.1, 0.15) is 5.82 Å². The summed E-state index contributed by atoms with van der Waals surface area (Å²) < 4.78 is 39.8. The fourth-order valence-corrected chi connectivity index (χ4v) is 1.90. The molecule has 0 aliphatic heterocycles. The summed E-state index contributed by atoms with van der Waals surface area (Å²) in [5.74, 6) is -2.81. The molecule has 1 N–H and O–H groups in total. The molecule has 0 heterocycles. The average molecular weight is 259 g/mol. The third-order valence-corrected chi connectivity index (χ3v) is 2.90. The smallest absolute Gasteiger partial charge is 0.161 e. The summed E-state index contributed by atoms with van der Waals surface area (Å²) in [6.07, 6.45) is 3.53. The van der Waals surface area contributed by atoms with Gasteiger partial charge in [-0.15, -0.1) is 0 Å². The maximum absolute atomic E-state index is 13.7. The van der Waals surface area contributed by atoms with Crippen molar-refractivity contribution < 1.29 is 13.2 Å². The van der Waals surface area contributed by atoms with Crippen molar-refractivity contribution in [1.29, 1.82) is 0 Å². The van der Waals surface area contributed by atoms with E-state index in [1.165, 1.54) is 0 Å². The average Bonchev–Trinajstić information content (AvgIpc) is 2.35. The van der Waals surface area contributed by atoms with Gasteiger partial charge >= 0.3 is 0 Å². The zero-order valence-corrected chi connectivity index (χ0v) is 10.9. The second-order valence-corrected chi connectivity index (χ2v) is 4.44. The van der Waals surface area contributed by atoms with Crippen LogP contribution in [0.25, 0.3) is 0 Å². The number of unbranched alkanes of at least 4 members (excludes halogenated alkanes) is 1. The van der Waals surface area contributed by atoms with E-state index in [9.17, 15) is 13.2 Å². The van der Waals surface area contributed by atoms with Crippen molar-refractivity contribution >= 4 is 0 Å². The Labute approximate surface area is 106 Å². The summed E-state index contributed by atoms with van der Waals surface area (Å²) >= 11 is 0. The Bertz CT molecular complexity index is 372. The van der Waals surface area contributed by atoms with E-state index in [2.05, 4.69) is 5.32 Å². The first kappa shape index (κ1) is 15.0. The SMILES string of the molecule is CCCCC(NCCC)c1cc(F)c(F)cc1F. The molecule has 0 saturated carbocycles. The van der Waals surface area contributed by atoms with Gasteiger partial charge < -0.3 is 5.32 Å². The van der Waals surface area contributed by atoms with Crippen molar-refractivity contribution in [3.8, 4) is 0 Å². The fraction of sp³-hybridized carbons (Fsp3) is 0.571. The predicted molar refractivity (Wildman–Crippen MR) is 66.9 cm³/mol. The van der Waals surface area contributed by atoms with Gasteiger partial charge in [0.2, 0.25) is 0 Å². The maximum Gasteiger partial charge on any atom is 0.161 e. The van der Waals surface area contributed by atoms with Gasteiger partial charge in [-0.3, -0.25) is 0 Å². The molecule has 0 saturated heterocycles. The Morgan fingerprint density at radius 3 is 2.28 bits per heavy atom. The molecule has 0 fully saturated rings. The van der Waals surface area contributed by atoms with Crippen LogP contribution < -0.4 is 5.32 Å². The number of hydrogen-bond donors (Lipinski definition) is 1. The standard InChI is InChI=1S/C14H20F3N/c1-3-5-6-14(18-7-4-2)10-8-12(16)13(17)9-11(10)15/h8-9,14,18H,3-7H2,1-2H3. The number of halogens is 3. The molecule has 0 amide bonds. The summed E-state index contributed by atoms with van der Waals surface area (Å²) in [5, 5.41) is 3.18. The third kappa shape index (κ3) is 4.02. The van der Waals surface area contributed by atoms with E-state index in [1.807, 2.05) is 13.8 Å². The Morgan fingerprint density at radius 2 is 1.67 bits per heavy atom. The van der Waals surface area contributed by atoms with Crippen LogP contribution in [0.15, 0.2) is 12.1 Å². The monoisotopic (exact) mass is 259 g/mol. The van der Waals surface area contributed by atoms with Crippen LogP contribution in [0.5, 0.6) is 0 Å². The number of nitrogens with one attached hydrogen (secondary N) is 1. The van der Waals surface area contributed by atoms with Crippen LogP contribution in [0.1, 0.15) is 51.1 Å². The second-order valence-electron chi connectivity index (χ2n) is 4.44. The minimum atomic E-state index is -1.14. The minimum Gasteiger partial charge on any atom is -0.310 e. The molecule has 1 unspecified atom stereocenters. The number of benzene rings is 1. The first-order valence-electron chi connectivity index (χ1n) is 6.48. The zero-order chi connectivity index (χ0) is 13.5. The van der Waals surface area contributed by atoms with Crippen LogP contribution in [-0.4, -0.2) is 6.54 Å². The summed E-state index contributed by atoms with van der Waals surface area (Å²) in [6.45, 7) is 4.77. The molecule has 4 heteroatoms. The Kier molecular flexibility index (Phi) is 6.19. The second kappa shape index (κ2) is 7.41. The van der Waals surface area contributed by atoms with Crippen LogP contribution in [0, 0.1) is 17.5 Å². The summed E-state index contributed by atoms with van der Waals surface area (Å²) in [7, 11) is 0. The topological polar surface area (TPSA) is 12.0 Å². The highest BCUT2D eigenvalue weighted by molar-refractivity contribution is 5.23. The van der Waals surface area contributed by atoms with Gasteiger partial charge in [0.05, 0.1) is 0 Å². The lowest BCUT2D eigenvalue weighted by Gasteiger charge is -2.19. The Hall–Kier alpha value is -1.03. The van der Waals surface area contributed by atoms with Gasteiger partial charge in [0.15, 0.2) is 11.6 Å². The predicted octanol–water partition coefficient (Wildman–Crippen LogP) is 4.33. The molecule has 0 radical (unpaired) electrons. The quantitative estimate of drug-likeness (QED) is 0.718. The molecule has 0 bridgehead atoms. The van der Waals surface area contributed by atoms with E-state index < -0.39 is 17.5 Å². The van der Waals surface area contributed by atoms with Crippen LogP contribution in [-0.2, 0) is 0 Å². The number of hydrogen-bond acceptors (Lipinski definition) is 1. The van der Waals surface area contributed by atoms with Crippen LogP contribution >= 0.6 is 0 Å². The summed E-state index contributed by atoms with van der Waals surface area (Å²) in [6, 6.07) is 1.34. The van der Waals surface area contributed by atoms with E-state index in [-0.39, 0.29) is 11.6 Å². The van der Waals surface area contributed by atoms with Gasteiger partial charge in [0.25, 0.3) is 0 Å². The molecule has 1 nitrogen and oxygen atoms in total. The Morgan fingerprint density at radius 1 is 1.00 bits per heavy atom. The molecule has 102 valence electrons. The lowest BCUT2D eigenvalue weighted by Crippen LogP contribution is -2.23. The summed E-state index contributed by atoms with van der Waals surface area (Å²) in [4.78, 5) is 0. The van der Waals surface area contributed by atoms with E-state index in [0.717, 1.165) is 38.3 Å². The van der Waals surface area contributed by atoms with E-state index in [1.54, 1.807) is 0 Å². The lowest BCUT2D eigenvalue weighted by molar-refractivity contribution is 0.442. The molecular weight excluding hydrogens is 239 g/mol. The first-order chi connectivity index (χ1) is 8.60.